The summed E-state index contributed by atoms with van der Waals surface area (Å²) in [5, 5.41) is 0.578. The maximum atomic E-state index is 12.1. The molecule has 0 N–H and O–H groups in total. The van der Waals surface area contributed by atoms with Crippen LogP contribution in [0.4, 0.5) is 4.79 Å². The molecule has 102 valence electrons. The van der Waals surface area contributed by atoms with Gasteiger partial charge in [-0.3, -0.25) is 9.88 Å². The minimum atomic E-state index is -0.502. The number of ether oxygens (including phenoxy) is 1. The van der Waals surface area contributed by atoms with Gasteiger partial charge in [-0.25, -0.2) is 4.79 Å². The van der Waals surface area contributed by atoms with E-state index in [0.717, 1.165) is 5.69 Å². The number of pyridine rings is 1. The Kier molecular flexibility index (Phi) is 3.80. The summed E-state index contributed by atoms with van der Waals surface area (Å²) < 4.78 is 5.39. The third kappa shape index (κ3) is 3.47. The normalized spacial score (nSPS) is 18.7. The van der Waals surface area contributed by atoms with Crippen LogP contribution in [0.25, 0.3) is 0 Å². The lowest BCUT2D eigenvalue weighted by atomic mass is 10.2. The molecule has 1 amide bonds. The van der Waals surface area contributed by atoms with Gasteiger partial charge in [0.25, 0.3) is 0 Å². The van der Waals surface area contributed by atoms with Gasteiger partial charge in [0, 0.05) is 12.7 Å². The van der Waals surface area contributed by atoms with E-state index < -0.39 is 5.60 Å². The van der Waals surface area contributed by atoms with E-state index in [2.05, 4.69) is 4.98 Å². The SMILES string of the molecule is CC(C)(C)OC(=O)N1CC=CC1c1ccc(Cl)cn1. The second kappa shape index (κ2) is 5.21. The second-order valence-electron chi connectivity index (χ2n) is 5.41. The van der Waals surface area contributed by atoms with Gasteiger partial charge in [-0.15, -0.1) is 0 Å². The molecule has 0 bridgehead atoms. The number of halogens is 1. The van der Waals surface area contributed by atoms with E-state index in [0.29, 0.717) is 11.6 Å². The third-order valence-corrected chi connectivity index (χ3v) is 2.86. The van der Waals surface area contributed by atoms with Crippen molar-refractivity contribution in [3.8, 4) is 0 Å². The summed E-state index contributed by atoms with van der Waals surface area (Å²) in [7, 11) is 0. The molecule has 1 aliphatic rings. The monoisotopic (exact) mass is 280 g/mol. The number of rotatable bonds is 1. The van der Waals surface area contributed by atoms with E-state index in [9.17, 15) is 4.79 Å². The van der Waals surface area contributed by atoms with Crippen LogP contribution in [0, 0.1) is 0 Å². The number of aromatic nitrogens is 1. The molecule has 0 spiro atoms. The first-order valence-corrected chi connectivity index (χ1v) is 6.52. The van der Waals surface area contributed by atoms with Gasteiger partial charge in [0.15, 0.2) is 0 Å². The molecule has 4 nitrogen and oxygen atoms in total. The van der Waals surface area contributed by atoms with Crippen LogP contribution in [-0.4, -0.2) is 28.1 Å². The Hall–Kier alpha value is -1.55. The first-order chi connectivity index (χ1) is 8.87. The van der Waals surface area contributed by atoms with Crippen LogP contribution in [0.3, 0.4) is 0 Å². The second-order valence-corrected chi connectivity index (χ2v) is 5.84. The van der Waals surface area contributed by atoms with Crippen LogP contribution in [0.2, 0.25) is 5.02 Å². The van der Waals surface area contributed by atoms with Crippen molar-refractivity contribution < 1.29 is 9.53 Å². The minimum absolute atomic E-state index is 0.188. The van der Waals surface area contributed by atoms with Crippen molar-refractivity contribution in [2.45, 2.75) is 32.4 Å². The van der Waals surface area contributed by atoms with Gasteiger partial charge >= 0.3 is 6.09 Å². The van der Waals surface area contributed by atoms with E-state index in [4.69, 9.17) is 16.3 Å². The van der Waals surface area contributed by atoms with Gasteiger partial charge in [-0.05, 0) is 32.9 Å². The van der Waals surface area contributed by atoms with Crippen LogP contribution in [0.15, 0.2) is 30.5 Å². The van der Waals surface area contributed by atoms with E-state index in [1.165, 1.54) is 0 Å². The van der Waals surface area contributed by atoms with Crippen LogP contribution in [0.5, 0.6) is 0 Å². The van der Waals surface area contributed by atoms with Gasteiger partial charge in [-0.2, -0.15) is 0 Å². The Balaban J connectivity index is 2.14. The van der Waals surface area contributed by atoms with Crippen LogP contribution >= 0.6 is 11.6 Å². The molecule has 1 unspecified atom stereocenters. The van der Waals surface area contributed by atoms with Gasteiger partial charge < -0.3 is 4.74 Å². The van der Waals surface area contributed by atoms with Crippen LogP contribution in [-0.2, 0) is 4.74 Å². The Morgan fingerprint density at radius 3 is 2.79 bits per heavy atom. The zero-order chi connectivity index (χ0) is 14.0. The molecular formula is C14H17ClN2O2. The number of hydrogen-bond donors (Lipinski definition) is 0. The lowest BCUT2D eigenvalue weighted by Crippen LogP contribution is -2.37. The fraction of sp³-hybridized carbons (Fsp3) is 0.429. The Labute approximate surface area is 118 Å². The highest BCUT2D eigenvalue weighted by atomic mass is 35.5. The van der Waals surface area contributed by atoms with E-state index >= 15 is 0 Å². The van der Waals surface area contributed by atoms with Gasteiger partial charge in [0.1, 0.15) is 5.60 Å². The molecule has 0 saturated heterocycles. The first-order valence-electron chi connectivity index (χ1n) is 6.14. The molecule has 1 aromatic heterocycles. The molecule has 1 aliphatic heterocycles. The smallest absolute Gasteiger partial charge is 0.411 e. The lowest BCUT2D eigenvalue weighted by Gasteiger charge is -2.28. The maximum absolute atomic E-state index is 12.1. The molecule has 1 atom stereocenters. The Morgan fingerprint density at radius 2 is 2.21 bits per heavy atom. The largest absolute Gasteiger partial charge is 0.444 e. The summed E-state index contributed by atoms with van der Waals surface area (Å²) in [6, 6.07) is 3.40. The van der Waals surface area contributed by atoms with Crippen LogP contribution < -0.4 is 0 Å². The Morgan fingerprint density at radius 1 is 1.47 bits per heavy atom. The molecule has 2 rings (SSSR count). The highest BCUT2D eigenvalue weighted by Crippen LogP contribution is 2.27. The molecular weight excluding hydrogens is 264 g/mol. The molecule has 5 heteroatoms. The zero-order valence-electron chi connectivity index (χ0n) is 11.3. The number of amides is 1. The van der Waals surface area contributed by atoms with Crippen molar-refractivity contribution in [2.24, 2.45) is 0 Å². The fourth-order valence-electron chi connectivity index (χ4n) is 1.85. The average Bonchev–Trinajstić information content (AvgIpc) is 2.76. The minimum Gasteiger partial charge on any atom is -0.444 e. The number of carbonyl (C=O) groups is 1. The maximum Gasteiger partial charge on any atom is 0.411 e. The highest BCUT2D eigenvalue weighted by molar-refractivity contribution is 6.30. The van der Waals surface area contributed by atoms with Crippen molar-refractivity contribution in [2.75, 3.05) is 6.54 Å². The third-order valence-electron chi connectivity index (χ3n) is 2.64. The van der Waals surface area contributed by atoms with Crippen molar-refractivity contribution in [1.82, 2.24) is 9.88 Å². The fourth-order valence-corrected chi connectivity index (χ4v) is 1.96. The predicted molar refractivity (Wildman–Crippen MR) is 74.1 cm³/mol. The van der Waals surface area contributed by atoms with E-state index in [-0.39, 0.29) is 12.1 Å². The number of nitrogens with zero attached hydrogens (tertiary/aromatic N) is 2. The van der Waals surface area contributed by atoms with E-state index in [1.54, 1.807) is 17.2 Å². The first kappa shape index (κ1) is 13.9. The Bertz CT molecular complexity index is 491. The van der Waals surface area contributed by atoms with Crippen molar-refractivity contribution in [3.05, 3.63) is 41.2 Å². The summed E-state index contributed by atoms with van der Waals surface area (Å²) in [4.78, 5) is 18.0. The molecule has 2 heterocycles. The van der Waals surface area contributed by atoms with Gasteiger partial charge in [-0.1, -0.05) is 23.8 Å². The molecule has 0 aromatic carbocycles. The van der Waals surface area contributed by atoms with Crippen LogP contribution in [0.1, 0.15) is 32.5 Å². The van der Waals surface area contributed by atoms with Crippen molar-refractivity contribution in [3.63, 3.8) is 0 Å². The summed E-state index contributed by atoms with van der Waals surface area (Å²) >= 11 is 5.82. The van der Waals surface area contributed by atoms with Crippen molar-refractivity contribution >= 4 is 17.7 Å². The standard InChI is InChI=1S/C14H17ClN2O2/c1-14(2,3)19-13(18)17-8-4-5-12(17)11-7-6-10(15)9-16-11/h4-7,9,12H,8H2,1-3H3. The zero-order valence-corrected chi connectivity index (χ0v) is 12.0. The lowest BCUT2D eigenvalue weighted by molar-refractivity contribution is 0.0238. The highest BCUT2D eigenvalue weighted by Gasteiger charge is 2.30. The molecule has 1 aromatic rings. The predicted octanol–water partition coefficient (Wildman–Crippen LogP) is 3.58. The summed E-state index contributed by atoms with van der Waals surface area (Å²) in [5.41, 5.74) is 0.279. The van der Waals surface area contributed by atoms with Gasteiger partial charge in [0.2, 0.25) is 0 Å². The average molecular weight is 281 g/mol. The summed E-state index contributed by atoms with van der Waals surface area (Å²) in [6.45, 7) is 6.09. The number of carbonyl (C=O) groups excluding carboxylic acids is 1. The molecule has 0 saturated carbocycles. The summed E-state index contributed by atoms with van der Waals surface area (Å²) in [5.74, 6) is 0. The van der Waals surface area contributed by atoms with Gasteiger partial charge in [0.05, 0.1) is 16.8 Å². The molecule has 19 heavy (non-hydrogen) atoms. The molecule has 0 radical (unpaired) electrons. The van der Waals surface area contributed by atoms with E-state index in [1.807, 2.05) is 39.0 Å². The quantitative estimate of drug-likeness (QED) is 0.739. The molecule has 0 aliphatic carbocycles. The molecule has 0 fully saturated rings. The topological polar surface area (TPSA) is 42.4 Å². The number of hydrogen-bond acceptors (Lipinski definition) is 3. The summed E-state index contributed by atoms with van der Waals surface area (Å²) in [6.07, 6.45) is 5.13. The van der Waals surface area contributed by atoms with Crippen molar-refractivity contribution in [1.29, 1.82) is 0 Å².